The van der Waals surface area contributed by atoms with Crippen molar-refractivity contribution in [1.29, 1.82) is 0 Å². The van der Waals surface area contributed by atoms with Crippen LogP contribution in [-0.2, 0) is 12.4 Å². The molecule has 1 N–H and O–H groups in total. The largest absolute Gasteiger partial charge is 0.416 e. The maximum atomic E-state index is 13.0. The number of hydrogen-bond donors (Lipinski definition) is 1. The molecule has 32 heavy (non-hydrogen) atoms. The Hall–Kier alpha value is -2.27. The molecule has 2 heterocycles. The number of amides is 2. The number of piperazine rings is 1. The highest BCUT2D eigenvalue weighted by molar-refractivity contribution is 5.90. The van der Waals surface area contributed by atoms with Crippen LogP contribution in [0, 0.1) is 0 Å². The second-order valence-electron chi connectivity index (χ2n) is 8.23. The first kappa shape index (κ1) is 24.4. The van der Waals surface area contributed by atoms with Crippen LogP contribution in [0.2, 0.25) is 0 Å². The van der Waals surface area contributed by atoms with E-state index in [0.717, 1.165) is 32.7 Å². The fourth-order valence-corrected chi connectivity index (χ4v) is 3.81. The number of nitrogens with one attached hydrogen (secondary N) is 1. The Kier molecular flexibility index (Phi) is 7.09. The molecule has 2 saturated heterocycles. The van der Waals surface area contributed by atoms with Crippen LogP contribution in [0.25, 0.3) is 0 Å². The van der Waals surface area contributed by atoms with Gasteiger partial charge in [-0.1, -0.05) is 11.6 Å². The molecule has 0 spiro atoms. The van der Waals surface area contributed by atoms with Gasteiger partial charge >= 0.3 is 18.4 Å². The highest BCUT2D eigenvalue weighted by atomic mass is 19.4. The number of carbonyl (C=O) groups excluding carboxylic acids is 1. The van der Waals surface area contributed by atoms with Crippen molar-refractivity contribution in [3.63, 3.8) is 0 Å². The van der Waals surface area contributed by atoms with E-state index >= 15 is 0 Å². The number of carbonyl (C=O) groups is 1. The Balaban J connectivity index is 1.55. The second-order valence-corrected chi connectivity index (χ2v) is 8.23. The first-order valence-corrected chi connectivity index (χ1v) is 10.3. The van der Waals surface area contributed by atoms with Gasteiger partial charge in [-0.3, -0.25) is 9.80 Å². The summed E-state index contributed by atoms with van der Waals surface area (Å²) in [6.45, 7) is 9.26. The van der Waals surface area contributed by atoms with Crippen LogP contribution in [0.3, 0.4) is 0 Å². The zero-order chi connectivity index (χ0) is 23.7. The van der Waals surface area contributed by atoms with Gasteiger partial charge in [-0.2, -0.15) is 26.3 Å². The van der Waals surface area contributed by atoms with Gasteiger partial charge in [0.1, 0.15) is 0 Å². The lowest BCUT2D eigenvalue weighted by molar-refractivity contribution is -0.143. The van der Waals surface area contributed by atoms with E-state index in [1.165, 1.54) is 10.5 Å². The molecule has 0 radical (unpaired) electrons. The minimum atomic E-state index is -4.96. The number of anilines is 1. The van der Waals surface area contributed by atoms with Crippen molar-refractivity contribution in [3.05, 3.63) is 41.0 Å². The van der Waals surface area contributed by atoms with Crippen molar-refractivity contribution in [2.24, 2.45) is 0 Å². The Morgan fingerprint density at radius 1 is 1.00 bits per heavy atom. The highest BCUT2D eigenvalue weighted by Gasteiger charge is 2.39. The average Bonchev–Trinajstić information content (AvgIpc) is 2.66. The van der Waals surface area contributed by atoms with Gasteiger partial charge in [0.05, 0.1) is 11.1 Å². The van der Waals surface area contributed by atoms with E-state index in [1.54, 1.807) is 0 Å². The number of urea groups is 1. The molecular weight excluding hydrogens is 438 g/mol. The SMILES string of the molecule is CC=C(C)CN1CCN(C2CN(C(=O)Nc3cc(C(F)(F)F)cc(C(F)(F)F)c3)C2)CC1. The fourth-order valence-electron chi connectivity index (χ4n) is 3.81. The smallest absolute Gasteiger partial charge is 0.321 e. The lowest BCUT2D eigenvalue weighted by Crippen LogP contribution is -2.64. The van der Waals surface area contributed by atoms with Gasteiger partial charge in [0.2, 0.25) is 0 Å². The molecule has 1 aromatic rings. The van der Waals surface area contributed by atoms with Crippen LogP contribution in [0.4, 0.5) is 36.8 Å². The molecule has 2 aliphatic rings. The monoisotopic (exact) mass is 464 g/mol. The van der Waals surface area contributed by atoms with Gasteiger partial charge in [0, 0.05) is 57.5 Å². The van der Waals surface area contributed by atoms with E-state index in [1.807, 2.05) is 6.92 Å². The number of likely N-dealkylation sites (tertiary alicyclic amines) is 1. The molecule has 2 aliphatic heterocycles. The van der Waals surface area contributed by atoms with Crippen LogP contribution in [0.5, 0.6) is 0 Å². The molecule has 178 valence electrons. The predicted octanol–water partition coefficient (Wildman–Crippen LogP) is 4.52. The lowest BCUT2D eigenvalue weighted by Gasteiger charge is -2.48. The molecule has 3 rings (SSSR count). The standard InChI is InChI=1S/C21H26F6N4O/c1-3-14(2)11-29-4-6-30(7-5-29)18-12-31(13-18)19(32)28-17-9-15(20(22,23)24)8-16(10-17)21(25,26)27/h3,8-10,18H,4-7,11-13H2,1-2H3,(H,28,32). The summed E-state index contributed by atoms with van der Waals surface area (Å²) in [5.41, 5.74) is -2.16. The molecule has 0 saturated carbocycles. The zero-order valence-electron chi connectivity index (χ0n) is 17.9. The number of halogens is 6. The summed E-state index contributed by atoms with van der Waals surface area (Å²) in [5.74, 6) is 0. The topological polar surface area (TPSA) is 38.8 Å². The van der Waals surface area contributed by atoms with Gasteiger partial charge in [-0.05, 0) is 32.0 Å². The summed E-state index contributed by atoms with van der Waals surface area (Å²) in [5, 5.41) is 2.18. The number of rotatable bonds is 4. The van der Waals surface area contributed by atoms with E-state index < -0.39 is 35.2 Å². The Morgan fingerprint density at radius 2 is 1.53 bits per heavy atom. The van der Waals surface area contributed by atoms with Crippen molar-refractivity contribution in [1.82, 2.24) is 14.7 Å². The third-order valence-corrected chi connectivity index (χ3v) is 5.88. The molecule has 0 unspecified atom stereocenters. The van der Waals surface area contributed by atoms with Crippen LogP contribution in [0.1, 0.15) is 25.0 Å². The average molecular weight is 464 g/mol. The van der Waals surface area contributed by atoms with Crippen LogP contribution >= 0.6 is 0 Å². The predicted molar refractivity (Wildman–Crippen MR) is 108 cm³/mol. The number of benzene rings is 1. The normalized spacial score (nSPS) is 19.8. The number of allylic oxidation sites excluding steroid dienone is 1. The van der Waals surface area contributed by atoms with Crippen LogP contribution < -0.4 is 5.32 Å². The highest BCUT2D eigenvalue weighted by Crippen LogP contribution is 2.37. The minimum absolute atomic E-state index is 0.0345. The summed E-state index contributed by atoms with van der Waals surface area (Å²) < 4.78 is 77.9. The van der Waals surface area contributed by atoms with Crippen molar-refractivity contribution in [2.75, 3.05) is 51.1 Å². The molecule has 0 aromatic heterocycles. The summed E-state index contributed by atoms with van der Waals surface area (Å²) in [4.78, 5) is 18.4. The van der Waals surface area contributed by atoms with Crippen molar-refractivity contribution >= 4 is 11.7 Å². The van der Waals surface area contributed by atoms with Gasteiger partial charge in [0.25, 0.3) is 0 Å². The molecule has 5 nitrogen and oxygen atoms in total. The van der Waals surface area contributed by atoms with E-state index in [0.29, 0.717) is 25.2 Å². The third kappa shape index (κ3) is 5.94. The maximum Gasteiger partial charge on any atom is 0.416 e. The van der Waals surface area contributed by atoms with E-state index in [9.17, 15) is 31.1 Å². The Bertz CT molecular complexity index is 821. The molecule has 0 aliphatic carbocycles. The zero-order valence-corrected chi connectivity index (χ0v) is 17.9. The van der Waals surface area contributed by atoms with Gasteiger partial charge in [-0.25, -0.2) is 4.79 Å². The Morgan fingerprint density at radius 3 is 2.00 bits per heavy atom. The van der Waals surface area contributed by atoms with Gasteiger partial charge < -0.3 is 10.2 Å². The quantitative estimate of drug-likeness (QED) is 0.526. The molecule has 2 fully saturated rings. The van der Waals surface area contributed by atoms with Crippen molar-refractivity contribution in [3.8, 4) is 0 Å². The number of alkyl halides is 6. The summed E-state index contributed by atoms with van der Waals surface area (Å²) in [7, 11) is 0. The number of hydrogen-bond acceptors (Lipinski definition) is 3. The number of nitrogens with zero attached hydrogens (tertiary/aromatic N) is 3. The minimum Gasteiger partial charge on any atom is -0.321 e. The molecule has 1 aromatic carbocycles. The molecule has 2 amide bonds. The van der Waals surface area contributed by atoms with Gasteiger partial charge in [0.15, 0.2) is 0 Å². The maximum absolute atomic E-state index is 13.0. The molecule has 0 atom stereocenters. The first-order valence-electron chi connectivity index (χ1n) is 10.3. The fraction of sp³-hybridized carbons (Fsp3) is 0.571. The second kappa shape index (κ2) is 9.30. The summed E-state index contributed by atoms with van der Waals surface area (Å²) in [6.07, 6.45) is -7.84. The van der Waals surface area contributed by atoms with Gasteiger partial charge in [-0.15, -0.1) is 0 Å². The molecule has 11 heteroatoms. The van der Waals surface area contributed by atoms with Crippen molar-refractivity contribution in [2.45, 2.75) is 32.2 Å². The molecular formula is C21H26F6N4O. The summed E-state index contributed by atoms with van der Waals surface area (Å²) in [6, 6.07) is 0.480. The third-order valence-electron chi connectivity index (χ3n) is 5.88. The van der Waals surface area contributed by atoms with Crippen LogP contribution in [0.15, 0.2) is 29.8 Å². The van der Waals surface area contributed by atoms with E-state index in [-0.39, 0.29) is 12.1 Å². The summed E-state index contributed by atoms with van der Waals surface area (Å²) >= 11 is 0. The van der Waals surface area contributed by atoms with E-state index in [2.05, 4.69) is 28.1 Å². The van der Waals surface area contributed by atoms with Crippen molar-refractivity contribution < 1.29 is 31.1 Å². The van der Waals surface area contributed by atoms with Crippen LogP contribution in [-0.4, -0.2) is 72.6 Å². The van der Waals surface area contributed by atoms with E-state index in [4.69, 9.17) is 0 Å². The Labute approximate surface area is 182 Å². The lowest BCUT2D eigenvalue weighted by atomic mass is 10.1. The molecule has 0 bridgehead atoms. The first-order chi connectivity index (χ1) is 14.9.